The average molecular weight is 421 g/mol. The molecule has 4 aromatic rings. The number of ether oxygens (including phenoxy) is 1. The Morgan fingerprint density at radius 3 is 2.63 bits per heavy atom. The summed E-state index contributed by atoms with van der Waals surface area (Å²) in [6, 6.07) is 15.4. The molecule has 7 nitrogen and oxygen atoms in total. The van der Waals surface area contributed by atoms with Crippen LogP contribution >= 0.6 is 11.6 Å². The highest BCUT2D eigenvalue weighted by atomic mass is 35.5. The fraction of sp³-hybridized carbons (Fsp3) is 0.136. The Kier molecular flexibility index (Phi) is 5.54. The zero-order valence-corrected chi connectivity index (χ0v) is 17.6. The standard InChI is InChI=1S/C22H21ClN6O/c1-15-14-24-22(26-16-5-7-17(8-6-16)29-12-4-11-25-29)27-21(15)28(2)18-9-10-19(23)20(13-18)30-3/h4-14H,1-3H3,(H,24,26,27). The second-order valence-corrected chi connectivity index (χ2v) is 7.11. The van der Waals surface area contributed by atoms with Gasteiger partial charge in [-0.2, -0.15) is 10.1 Å². The maximum absolute atomic E-state index is 6.15. The van der Waals surface area contributed by atoms with E-state index in [-0.39, 0.29) is 0 Å². The second-order valence-electron chi connectivity index (χ2n) is 6.70. The lowest BCUT2D eigenvalue weighted by molar-refractivity contribution is 0.415. The minimum absolute atomic E-state index is 0.509. The van der Waals surface area contributed by atoms with Crippen LogP contribution in [0.1, 0.15) is 5.56 Å². The first kappa shape index (κ1) is 19.7. The topological polar surface area (TPSA) is 68.1 Å². The number of benzene rings is 2. The van der Waals surface area contributed by atoms with Crippen molar-refractivity contribution in [3.8, 4) is 11.4 Å². The van der Waals surface area contributed by atoms with Gasteiger partial charge in [-0.3, -0.25) is 0 Å². The Morgan fingerprint density at radius 2 is 1.93 bits per heavy atom. The lowest BCUT2D eigenvalue weighted by atomic mass is 10.2. The van der Waals surface area contributed by atoms with Crippen LogP contribution in [0.25, 0.3) is 5.69 Å². The average Bonchev–Trinajstić information content (AvgIpc) is 3.30. The molecule has 152 valence electrons. The molecule has 0 unspecified atom stereocenters. The van der Waals surface area contributed by atoms with Crippen molar-refractivity contribution in [3.05, 3.63) is 77.7 Å². The molecule has 0 aliphatic heterocycles. The Hall–Kier alpha value is -3.58. The number of halogens is 1. The van der Waals surface area contributed by atoms with E-state index in [1.165, 1.54) is 0 Å². The Bertz CT molecular complexity index is 1150. The largest absolute Gasteiger partial charge is 0.495 e. The molecule has 0 spiro atoms. The van der Waals surface area contributed by atoms with Crippen molar-refractivity contribution in [2.24, 2.45) is 0 Å². The van der Waals surface area contributed by atoms with E-state index < -0.39 is 0 Å². The number of rotatable bonds is 6. The molecule has 0 radical (unpaired) electrons. The molecule has 8 heteroatoms. The molecule has 2 aromatic heterocycles. The van der Waals surface area contributed by atoms with Crippen molar-refractivity contribution in [1.29, 1.82) is 0 Å². The van der Waals surface area contributed by atoms with Crippen LogP contribution < -0.4 is 15.0 Å². The minimum atomic E-state index is 0.509. The lowest BCUT2D eigenvalue weighted by Gasteiger charge is -2.21. The summed E-state index contributed by atoms with van der Waals surface area (Å²) in [7, 11) is 3.54. The lowest BCUT2D eigenvalue weighted by Crippen LogP contribution is -2.14. The molecule has 0 fully saturated rings. The van der Waals surface area contributed by atoms with Crippen molar-refractivity contribution in [2.75, 3.05) is 24.4 Å². The molecule has 0 atom stereocenters. The fourth-order valence-electron chi connectivity index (χ4n) is 3.06. The molecule has 2 heterocycles. The van der Waals surface area contributed by atoms with Gasteiger partial charge < -0.3 is 15.0 Å². The molecule has 0 aliphatic carbocycles. The maximum Gasteiger partial charge on any atom is 0.229 e. The van der Waals surface area contributed by atoms with Crippen LogP contribution in [-0.4, -0.2) is 33.9 Å². The monoisotopic (exact) mass is 420 g/mol. The summed E-state index contributed by atoms with van der Waals surface area (Å²) in [6.07, 6.45) is 5.45. The molecule has 30 heavy (non-hydrogen) atoms. The van der Waals surface area contributed by atoms with Crippen LogP contribution in [0.5, 0.6) is 5.75 Å². The number of methoxy groups -OCH3 is 1. The van der Waals surface area contributed by atoms with E-state index in [1.54, 1.807) is 24.2 Å². The molecular formula is C22H21ClN6O. The van der Waals surface area contributed by atoms with Crippen LogP contribution in [-0.2, 0) is 0 Å². The summed E-state index contributed by atoms with van der Waals surface area (Å²) < 4.78 is 7.14. The van der Waals surface area contributed by atoms with Crippen molar-refractivity contribution >= 4 is 34.7 Å². The number of aryl methyl sites for hydroxylation is 1. The van der Waals surface area contributed by atoms with Gasteiger partial charge >= 0.3 is 0 Å². The molecule has 0 saturated carbocycles. The summed E-state index contributed by atoms with van der Waals surface area (Å²) in [5.41, 5.74) is 3.72. The summed E-state index contributed by atoms with van der Waals surface area (Å²) in [5, 5.41) is 8.06. The Balaban J connectivity index is 1.57. The van der Waals surface area contributed by atoms with Gasteiger partial charge in [0.1, 0.15) is 11.6 Å². The van der Waals surface area contributed by atoms with Crippen LogP contribution in [0.2, 0.25) is 5.02 Å². The van der Waals surface area contributed by atoms with E-state index in [0.29, 0.717) is 16.7 Å². The number of nitrogens with one attached hydrogen (secondary N) is 1. The van der Waals surface area contributed by atoms with Gasteiger partial charge in [-0.1, -0.05) is 11.6 Å². The van der Waals surface area contributed by atoms with Crippen LogP contribution in [0.15, 0.2) is 67.1 Å². The normalized spacial score (nSPS) is 10.7. The second kappa shape index (κ2) is 8.42. The third-order valence-electron chi connectivity index (χ3n) is 4.68. The van der Waals surface area contributed by atoms with Gasteiger partial charge in [0.15, 0.2) is 0 Å². The van der Waals surface area contributed by atoms with E-state index in [2.05, 4.69) is 15.4 Å². The quantitative estimate of drug-likeness (QED) is 0.465. The van der Waals surface area contributed by atoms with Crippen molar-refractivity contribution in [1.82, 2.24) is 19.7 Å². The number of nitrogens with zero attached hydrogens (tertiary/aromatic N) is 5. The highest BCUT2D eigenvalue weighted by Crippen LogP contribution is 2.32. The number of aromatic nitrogens is 4. The highest BCUT2D eigenvalue weighted by molar-refractivity contribution is 6.32. The molecule has 0 bridgehead atoms. The molecule has 2 aromatic carbocycles. The van der Waals surface area contributed by atoms with E-state index in [4.69, 9.17) is 21.3 Å². The SMILES string of the molecule is COc1cc(N(C)c2nc(Nc3ccc(-n4cccn4)cc3)ncc2C)ccc1Cl. The van der Waals surface area contributed by atoms with Gasteiger partial charge in [-0.15, -0.1) is 0 Å². The van der Waals surface area contributed by atoms with E-state index >= 15 is 0 Å². The van der Waals surface area contributed by atoms with E-state index in [9.17, 15) is 0 Å². The number of hydrogen-bond acceptors (Lipinski definition) is 6. The third kappa shape index (κ3) is 4.06. The molecular weight excluding hydrogens is 400 g/mol. The molecule has 4 rings (SSSR count). The molecule has 0 aliphatic rings. The van der Waals surface area contributed by atoms with Crippen molar-refractivity contribution in [3.63, 3.8) is 0 Å². The van der Waals surface area contributed by atoms with Crippen LogP contribution in [0.4, 0.5) is 23.1 Å². The Morgan fingerprint density at radius 1 is 1.13 bits per heavy atom. The van der Waals surface area contributed by atoms with Gasteiger partial charge in [0.25, 0.3) is 0 Å². The minimum Gasteiger partial charge on any atom is -0.495 e. The molecule has 0 amide bonds. The predicted octanol–water partition coefficient (Wildman–Crippen LogP) is 5.14. The summed E-state index contributed by atoms with van der Waals surface area (Å²) in [5.74, 6) is 1.91. The van der Waals surface area contributed by atoms with Crippen LogP contribution in [0, 0.1) is 6.92 Å². The van der Waals surface area contributed by atoms with Crippen LogP contribution in [0.3, 0.4) is 0 Å². The van der Waals surface area contributed by atoms with Gasteiger partial charge in [-0.05, 0) is 49.4 Å². The summed E-state index contributed by atoms with van der Waals surface area (Å²) in [4.78, 5) is 11.1. The zero-order chi connectivity index (χ0) is 21.1. The number of hydrogen-bond donors (Lipinski definition) is 1. The highest BCUT2D eigenvalue weighted by Gasteiger charge is 2.13. The van der Waals surface area contributed by atoms with Gasteiger partial charge in [0.05, 0.1) is 17.8 Å². The molecule has 0 saturated heterocycles. The first-order valence-corrected chi connectivity index (χ1v) is 9.71. The maximum atomic E-state index is 6.15. The van der Waals surface area contributed by atoms with Gasteiger partial charge in [0, 0.05) is 48.6 Å². The first-order chi connectivity index (χ1) is 14.5. The van der Waals surface area contributed by atoms with Gasteiger partial charge in [-0.25, -0.2) is 9.67 Å². The zero-order valence-electron chi connectivity index (χ0n) is 16.9. The molecule has 1 N–H and O–H groups in total. The van der Waals surface area contributed by atoms with Gasteiger partial charge in [0.2, 0.25) is 5.95 Å². The first-order valence-electron chi connectivity index (χ1n) is 9.33. The predicted molar refractivity (Wildman–Crippen MR) is 120 cm³/mol. The van der Waals surface area contributed by atoms with E-state index in [1.807, 2.05) is 73.6 Å². The fourth-order valence-corrected chi connectivity index (χ4v) is 3.26. The smallest absolute Gasteiger partial charge is 0.229 e. The summed E-state index contributed by atoms with van der Waals surface area (Å²) >= 11 is 6.15. The number of anilines is 4. The van der Waals surface area contributed by atoms with Crippen molar-refractivity contribution in [2.45, 2.75) is 6.92 Å². The van der Waals surface area contributed by atoms with E-state index in [0.717, 1.165) is 28.4 Å². The third-order valence-corrected chi connectivity index (χ3v) is 4.99. The summed E-state index contributed by atoms with van der Waals surface area (Å²) in [6.45, 7) is 1.97. The van der Waals surface area contributed by atoms with Crippen molar-refractivity contribution < 1.29 is 4.74 Å². The Labute approximate surface area is 179 Å².